The molecule has 0 atom stereocenters. The highest BCUT2D eigenvalue weighted by atomic mass is 16.5. The average molecular weight is 402 g/mol. The lowest BCUT2D eigenvalue weighted by Crippen LogP contribution is -2.15. The van der Waals surface area contributed by atoms with E-state index in [9.17, 15) is 19.2 Å². The van der Waals surface area contributed by atoms with Crippen molar-refractivity contribution in [1.29, 1.82) is 0 Å². The minimum absolute atomic E-state index is 0.188. The standard InChI is InChI=1S/C24H18O6/c25-21(17-7-3-1-4-8-17)15-29-23(27)19-11-13-20(14-12-19)24(28)30-16-22(26)18-9-5-2-6-10-18/h1-14H,15-16H2. The van der Waals surface area contributed by atoms with Crippen molar-refractivity contribution in [2.45, 2.75) is 0 Å². The van der Waals surface area contributed by atoms with Crippen molar-refractivity contribution >= 4 is 23.5 Å². The highest BCUT2D eigenvalue weighted by Crippen LogP contribution is 2.09. The van der Waals surface area contributed by atoms with Crippen molar-refractivity contribution in [2.75, 3.05) is 13.2 Å². The second-order valence-electron chi connectivity index (χ2n) is 6.31. The van der Waals surface area contributed by atoms with Crippen LogP contribution in [0.1, 0.15) is 41.4 Å². The molecule has 3 rings (SSSR count). The normalized spacial score (nSPS) is 10.1. The Morgan fingerprint density at radius 2 is 0.800 bits per heavy atom. The highest BCUT2D eigenvalue weighted by Gasteiger charge is 2.15. The largest absolute Gasteiger partial charge is 0.454 e. The van der Waals surface area contributed by atoms with Crippen molar-refractivity contribution in [3.63, 3.8) is 0 Å². The van der Waals surface area contributed by atoms with E-state index >= 15 is 0 Å². The first kappa shape index (κ1) is 20.7. The Balaban J connectivity index is 1.51. The van der Waals surface area contributed by atoms with Crippen molar-refractivity contribution in [2.24, 2.45) is 0 Å². The summed E-state index contributed by atoms with van der Waals surface area (Å²) >= 11 is 0. The van der Waals surface area contributed by atoms with E-state index in [1.165, 1.54) is 24.3 Å². The van der Waals surface area contributed by atoms with E-state index in [0.29, 0.717) is 11.1 Å². The first-order valence-corrected chi connectivity index (χ1v) is 9.15. The summed E-state index contributed by atoms with van der Waals surface area (Å²) in [6, 6.07) is 22.6. The lowest BCUT2D eigenvalue weighted by molar-refractivity contribution is 0.0467. The summed E-state index contributed by atoms with van der Waals surface area (Å²) in [4.78, 5) is 48.2. The molecular formula is C24H18O6. The van der Waals surface area contributed by atoms with Gasteiger partial charge in [0.15, 0.2) is 24.8 Å². The minimum Gasteiger partial charge on any atom is -0.454 e. The first-order chi connectivity index (χ1) is 14.5. The summed E-state index contributed by atoms with van der Waals surface area (Å²) in [7, 11) is 0. The third-order valence-corrected chi connectivity index (χ3v) is 4.22. The molecular weight excluding hydrogens is 384 g/mol. The predicted octanol–water partition coefficient (Wildman–Crippen LogP) is 3.77. The Morgan fingerprint density at radius 3 is 1.13 bits per heavy atom. The number of ketones is 2. The molecule has 0 saturated carbocycles. The summed E-state index contributed by atoms with van der Waals surface area (Å²) in [6.45, 7) is -0.761. The molecule has 0 saturated heterocycles. The number of benzene rings is 3. The van der Waals surface area contributed by atoms with Gasteiger partial charge in [-0.25, -0.2) is 9.59 Å². The Morgan fingerprint density at radius 1 is 0.467 bits per heavy atom. The molecule has 150 valence electrons. The molecule has 0 heterocycles. The highest BCUT2D eigenvalue weighted by molar-refractivity contribution is 6.00. The van der Waals surface area contributed by atoms with Crippen LogP contribution >= 0.6 is 0 Å². The third-order valence-electron chi connectivity index (χ3n) is 4.22. The second-order valence-corrected chi connectivity index (χ2v) is 6.31. The van der Waals surface area contributed by atoms with Crippen LogP contribution in [-0.4, -0.2) is 36.7 Å². The molecule has 0 aliphatic heterocycles. The lowest BCUT2D eigenvalue weighted by atomic mass is 10.1. The molecule has 6 heteroatoms. The number of ether oxygens (including phenoxy) is 2. The molecule has 0 bridgehead atoms. The number of esters is 2. The van der Waals surface area contributed by atoms with E-state index < -0.39 is 11.9 Å². The Kier molecular flexibility index (Phi) is 6.84. The summed E-state index contributed by atoms with van der Waals surface area (Å²) in [5.41, 5.74) is 1.28. The number of Topliss-reactive ketones (excluding diaryl/α,β-unsaturated/α-hetero) is 2. The van der Waals surface area contributed by atoms with E-state index in [0.717, 1.165) is 0 Å². The minimum atomic E-state index is -0.682. The van der Waals surface area contributed by atoms with Crippen LogP contribution in [0, 0.1) is 0 Å². The lowest BCUT2D eigenvalue weighted by Gasteiger charge is -2.06. The molecule has 0 aromatic heterocycles. The summed E-state index contributed by atoms with van der Waals surface area (Å²) in [5.74, 6) is -1.99. The number of hydrogen-bond acceptors (Lipinski definition) is 6. The summed E-state index contributed by atoms with van der Waals surface area (Å²) in [6.07, 6.45) is 0. The van der Waals surface area contributed by atoms with E-state index in [1.54, 1.807) is 60.7 Å². The molecule has 0 aliphatic carbocycles. The van der Waals surface area contributed by atoms with Crippen LogP contribution in [0.5, 0.6) is 0 Å². The zero-order valence-electron chi connectivity index (χ0n) is 15.9. The maximum atomic E-state index is 12.1. The second kappa shape index (κ2) is 9.93. The summed E-state index contributed by atoms with van der Waals surface area (Å²) < 4.78 is 10.0. The average Bonchev–Trinajstić information content (AvgIpc) is 2.81. The molecule has 3 aromatic carbocycles. The van der Waals surface area contributed by atoms with Crippen LogP contribution < -0.4 is 0 Å². The topological polar surface area (TPSA) is 86.7 Å². The zero-order chi connectivity index (χ0) is 21.3. The van der Waals surface area contributed by atoms with Gasteiger partial charge >= 0.3 is 11.9 Å². The van der Waals surface area contributed by atoms with Gasteiger partial charge in [-0.1, -0.05) is 60.7 Å². The first-order valence-electron chi connectivity index (χ1n) is 9.15. The van der Waals surface area contributed by atoms with E-state index in [4.69, 9.17) is 9.47 Å². The molecule has 6 nitrogen and oxygen atoms in total. The fraction of sp³-hybridized carbons (Fsp3) is 0.0833. The predicted molar refractivity (Wildman–Crippen MR) is 109 cm³/mol. The van der Waals surface area contributed by atoms with Gasteiger partial charge in [0.25, 0.3) is 0 Å². The van der Waals surface area contributed by atoms with Gasteiger partial charge in [0.05, 0.1) is 11.1 Å². The number of rotatable bonds is 8. The van der Waals surface area contributed by atoms with E-state index in [-0.39, 0.29) is 35.9 Å². The third kappa shape index (κ3) is 5.48. The fourth-order valence-electron chi connectivity index (χ4n) is 2.59. The SMILES string of the molecule is O=C(COC(=O)c1ccc(C(=O)OCC(=O)c2ccccc2)cc1)c1ccccc1. The molecule has 0 spiro atoms. The number of carbonyl (C=O) groups excluding carboxylic acids is 4. The molecule has 0 fully saturated rings. The molecule has 30 heavy (non-hydrogen) atoms. The maximum Gasteiger partial charge on any atom is 0.338 e. The van der Waals surface area contributed by atoms with Crippen LogP contribution in [-0.2, 0) is 9.47 Å². The molecule has 0 N–H and O–H groups in total. The van der Waals surface area contributed by atoms with Gasteiger partial charge in [0.1, 0.15) is 0 Å². The molecule has 0 unspecified atom stereocenters. The van der Waals surface area contributed by atoms with Crippen LogP contribution in [0.15, 0.2) is 84.9 Å². The number of carbonyl (C=O) groups is 4. The van der Waals surface area contributed by atoms with Gasteiger partial charge < -0.3 is 9.47 Å². The smallest absolute Gasteiger partial charge is 0.338 e. The summed E-state index contributed by atoms with van der Waals surface area (Å²) in [5, 5.41) is 0. The molecule has 0 amide bonds. The van der Waals surface area contributed by atoms with Gasteiger partial charge in [0.2, 0.25) is 0 Å². The van der Waals surface area contributed by atoms with Crippen molar-refractivity contribution < 1.29 is 28.7 Å². The van der Waals surface area contributed by atoms with Crippen molar-refractivity contribution in [1.82, 2.24) is 0 Å². The fourth-order valence-corrected chi connectivity index (χ4v) is 2.59. The van der Waals surface area contributed by atoms with Crippen LogP contribution in [0.25, 0.3) is 0 Å². The Labute approximate surface area is 173 Å². The maximum absolute atomic E-state index is 12.1. The Hall–Kier alpha value is -4.06. The molecule has 0 radical (unpaired) electrons. The van der Waals surface area contributed by atoms with Gasteiger partial charge in [-0.05, 0) is 24.3 Å². The van der Waals surface area contributed by atoms with Gasteiger partial charge in [-0.15, -0.1) is 0 Å². The zero-order valence-corrected chi connectivity index (χ0v) is 15.9. The quantitative estimate of drug-likeness (QED) is 0.421. The van der Waals surface area contributed by atoms with Crippen LogP contribution in [0.3, 0.4) is 0 Å². The number of hydrogen-bond donors (Lipinski definition) is 0. The van der Waals surface area contributed by atoms with Gasteiger partial charge in [0, 0.05) is 11.1 Å². The van der Waals surface area contributed by atoms with Crippen molar-refractivity contribution in [3.05, 3.63) is 107 Å². The van der Waals surface area contributed by atoms with Gasteiger partial charge in [-0.2, -0.15) is 0 Å². The van der Waals surface area contributed by atoms with E-state index in [1.807, 2.05) is 0 Å². The van der Waals surface area contributed by atoms with Gasteiger partial charge in [-0.3, -0.25) is 9.59 Å². The molecule has 3 aromatic rings. The molecule has 0 aliphatic rings. The Bertz CT molecular complexity index is 954. The van der Waals surface area contributed by atoms with Crippen molar-refractivity contribution in [3.8, 4) is 0 Å². The monoisotopic (exact) mass is 402 g/mol. The van der Waals surface area contributed by atoms with Crippen LogP contribution in [0.2, 0.25) is 0 Å². The van der Waals surface area contributed by atoms with Crippen LogP contribution in [0.4, 0.5) is 0 Å². The van der Waals surface area contributed by atoms with E-state index in [2.05, 4.69) is 0 Å².